The Hall–Kier alpha value is -6.32. The minimum Gasteiger partial charge on any atom is -0.397 e. The van der Waals surface area contributed by atoms with Crippen molar-refractivity contribution in [3.63, 3.8) is 0 Å². The minimum absolute atomic E-state index is 0.399. The molecule has 0 saturated heterocycles. The van der Waals surface area contributed by atoms with E-state index < -0.39 is 5.41 Å². The zero-order valence-electron chi connectivity index (χ0n) is 27.4. The van der Waals surface area contributed by atoms with Crippen LogP contribution in [0, 0.1) is 6.92 Å². The molecule has 0 aliphatic heterocycles. The van der Waals surface area contributed by atoms with E-state index >= 15 is 0 Å². The summed E-state index contributed by atoms with van der Waals surface area (Å²) >= 11 is 0. The van der Waals surface area contributed by atoms with Crippen LogP contribution in [-0.4, -0.2) is 4.57 Å². The van der Waals surface area contributed by atoms with Gasteiger partial charge in [0.15, 0.2) is 0 Å². The molecule has 1 aromatic heterocycles. The SMILES string of the molecule is Cc1ccc(-n2c3c(c4ccccc42)C(c2ccccc2)(c2ccccc2)c2ccccc2-3)cc1.Nc1ccccc1Nc1ccccc1. The van der Waals surface area contributed by atoms with E-state index in [0.29, 0.717) is 0 Å². The lowest BCUT2D eigenvalue weighted by atomic mass is 9.67. The molecule has 49 heavy (non-hydrogen) atoms. The maximum atomic E-state index is 5.81. The highest BCUT2D eigenvalue weighted by atomic mass is 15.0. The molecule has 1 aliphatic rings. The summed E-state index contributed by atoms with van der Waals surface area (Å²) in [6.07, 6.45) is 0. The number of para-hydroxylation sites is 4. The Bertz CT molecular complexity index is 2320. The molecule has 3 nitrogen and oxygen atoms in total. The molecule has 0 spiro atoms. The zero-order valence-corrected chi connectivity index (χ0v) is 27.4. The zero-order chi connectivity index (χ0) is 33.2. The Kier molecular flexibility index (Phi) is 7.79. The van der Waals surface area contributed by atoms with Gasteiger partial charge in [0, 0.05) is 27.9 Å². The number of anilines is 3. The summed E-state index contributed by atoms with van der Waals surface area (Å²) in [7, 11) is 0. The number of fused-ring (bicyclic) bond motifs is 5. The van der Waals surface area contributed by atoms with Crippen molar-refractivity contribution in [3.05, 3.63) is 216 Å². The van der Waals surface area contributed by atoms with Crippen molar-refractivity contribution < 1.29 is 0 Å². The molecule has 3 N–H and O–H groups in total. The minimum atomic E-state index is -0.399. The Balaban J connectivity index is 0.000000209. The fourth-order valence-electron chi connectivity index (χ4n) is 7.42. The van der Waals surface area contributed by atoms with Crippen molar-refractivity contribution in [2.24, 2.45) is 0 Å². The highest BCUT2D eigenvalue weighted by Crippen LogP contribution is 2.59. The number of nitrogens with two attached hydrogens (primary N) is 1. The highest BCUT2D eigenvalue weighted by molar-refractivity contribution is 6.01. The second-order valence-electron chi connectivity index (χ2n) is 12.5. The number of benzene rings is 7. The molecule has 7 aromatic carbocycles. The molecule has 0 saturated carbocycles. The van der Waals surface area contributed by atoms with Crippen molar-refractivity contribution in [1.82, 2.24) is 4.57 Å². The molecule has 0 fully saturated rings. The van der Waals surface area contributed by atoms with Gasteiger partial charge in [-0.25, -0.2) is 0 Å². The molecule has 8 aromatic rings. The number of nitrogen functional groups attached to an aromatic ring is 1. The van der Waals surface area contributed by atoms with Gasteiger partial charge in [0.05, 0.1) is 28.0 Å². The Morgan fingerprint density at radius 1 is 0.531 bits per heavy atom. The quantitative estimate of drug-likeness (QED) is 0.186. The first-order valence-corrected chi connectivity index (χ1v) is 16.7. The lowest BCUT2D eigenvalue weighted by Crippen LogP contribution is -2.28. The van der Waals surface area contributed by atoms with Gasteiger partial charge in [0.1, 0.15) is 0 Å². The van der Waals surface area contributed by atoms with Crippen LogP contribution in [0.15, 0.2) is 188 Å². The van der Waals surface area contributed by atoms with Crippen molar-refractivity contribution in [2.75, 3.05) is 11.1 Å². The van der Waals surface area contributed by atoms with E-state index in [1.807, 2.05) is 54.6 Å². The number of aryl methyl sites for hydroxylation is 1. The highest BCUT2D eigenvalue weighted by Gasteiger charge is 2.49. The van der Waals surface area contributed by atoms with E-state index in [2.05, 4.69) is 150 Å². The third-order valence-electron chi connectivity index (χ3n) is 9.56. The largest absolute Gasteiger partial charge is 0.397 e. The van der Waals surface area contributed by atoms with E-state index in [4.69, 9.17) is 5.73 Å². The molecule has 0 unspecified atom stereocenters. The van der Waals surface area contributed by atoms with Crippen molar-refractivity contribution in [2.45, 2.75) is 12.3 Å². The molecule has 1 aliphatic carbocycles. The van der Waals surface area contributed by atoms with E-state index in [1.54, 1.807) is 0 Å². The summed E-state index contributed by atoms with van der Waals surface area (Å²) in [5.41, 5.74) is 19.8. The van der Waals surface area contributed by atoms with Gasteiger partial charge < -0.3 is 15.6 Å². The maximum absolute atomic E-state index is 5.81. The molecule has 0 radical (unpaired) electrons. The Morgan fingerprint density at radius 2 is 1.08 bits per heavy atom. The fourth-order valence-corrected chi connectivity index (χ4v) is 7.42. The van der Waals surface area contributed by atoms with Crippen LogP contribution in [0.1, 0.15) is 27.8 Å². The van der Waals surface area contributed by atoms with Crippen LogP contribution in [0.4, 0.5) is 17.1 Å². The Morgan fingerprint density at radius 3 is 1.76 bits per heavy atom. The van der Waals surface area contributed by atoms with E-state index in [9.17, 15) is 0 Å². The third-order valence-corrected chi connectivity index (χ3v) is 9.56. The molecular weight excluding hydrogens is 595 g/mol. The summed E-state index contributed by atoms with van der Waals surface area (Å²) in [5, 5.41) is 4.55. The van der Waals surface area contributed by atoms with Crippen LogP contribution in [0.2, 0.25) is 0 Å². The fraction of sp³-hybridized carbons (Fsp3) is 0.0435. The number of nitrogens with zero attached hydrogens (tertiary/aromatic N) is 1. The topological polar surface area (TPSA) is 43.0 Å². The van der Waals surface area contributed by atoms with E-state index in [1.165, 1.54) is 55.7 Å². The van der Waals surface area contributed by atoms with Crippen LogP contribution in [0.5, 0.6) is 0 Å². The monoisotopic (exact) mass is 631 g/mol. The average molecular weight is 632 g/mol. The molecular formula is C46H37N3. The number of aromatic nitrogens is 1. The van der Waals surface area contributed by atoms with Gasteiger partial charge >= 0.3 is 0 Å². The van der Waals surface area contributed by atoms with E-state index in [0.717, 1.165) is 17.1 Å². The predicted molar refractivity (Wildman–Crippen MR) is 206 cm³/mol. The molecule has 9 rings (SSSR count). The molecule has 236 valence electrons. The maximum Gasteiger partial charge on any atom is 0.0735 e. The average Bonchev–Trinajstić information content (AvgIpc) is 3.66. The molecule has 0 atom stereocenters. The second-order valence-corrected chi connectivity index (χ2v) is 12.5. The number of hydrogen-bond acceptors (Lipinski definition) is 2. The standard InChI is InChI=1S/C34H25N.C12H12N2/c1-24-20-22-27(23-21-24)35-31-19-11-9-17-29(31)32-33(35)28-16-8-10-18-30(28)34(32,25-12-4-2-5-13-25)26-14-6-3-7-15-26;13-11-8-4-5-9-12(11)14-10-6-2-1-3-7-10/h2-23H,1H3;1-9,14H,13H2. The van der Waals surface area contributed by atoms with Crippen molar-refractivity contribution >= 4 is 28.0 Å². The number of hydrogen-bond donors (Lipinski definition) is 2. The van der Waals surface area contributed by atoms with Crippen molar-refractivity contribution in [3.8, 4) is 16.9 Å². The van der Waals surface area contributed by atoms with Crippen LogP contribution in [0.3, 0.4) is 0 Å². The lowest BCUT2D eigenvalue weighted by molar-refractivity contribution is 0.775. The summed E-state index contributed by atoms with van der Waals surface area (Å²) < 4.78 is 2.47. The lowest BCUT2D eigenvalue weighted by Gasteiger charge is -2.33. The van der Waals surface area contributed by atoms with Gasteiger partial charge in [-0.2, -0.15) is 0 Å². The second kappa shape index (κ2) is 12.7. The van der Waals surface area contributed by atoms with Crippen LogP contribution < -0.4 is 11.1 Å². The normalized spacial score (nSPS) is 12.4. The van der Waals surface area contributed by atoms with Gasteiger partial charge in [0.25, 0.3) is 0 Å². The third kappa shape index (κ3) is 5.17. The van der Waals surface area contributed by atoms with Gasteiger partial charge in [0.2, 0.25) is 0 Å². The Labute approximate surface area is 287 Å². The van der Waals surface area contributed by atoms with Crippen LogP contribution >= 0.6 is 0 Å². The first-order chi connectivity index (χ1) is 24.2. The molecule has 0 amide bonds. The molecule has 0 bridgehead atoms. The first kappa shape index (κ1) is 30.0. The van der Waals surface area contributed by atoms with Gasteiger partial charge in [-0.15, -0.1) is 0 Å². The summed E-state index contributed by atoms with van der Waals surface area (Å²) in [6, 6.07) is 66.5. The van der Waals surface area contributed by atoms with E-state index in [-0.39, 0.29) is 0 Å². The summed E-state index contributed by atoms with van der Waals surface area (Å²) in [5.74, 6) is 0. The number of nitrogens with one attached hydrogen (secondary N) is 1. The predicted octanol–water partition coefficient (Wildman–Crippen LogP) is 11.3. The smallest absolute Gasteiger partial charge is 0.0735 e. The molecule has 3 heteroatoms. The van der Waals surface area contributed by atoms with Gasteiger partial charge in [-0.1, -0.05) is 151 Å². The van der Waals surface area contributed by atoms with Gasteiger partial charge in [-0.05, 0) is 66.1 Å². The summed E-state index contributed by atoms with van der Waals surface area (Å²) in [6.45, 7) is 2.15. The first-order valence-electron chi connectivity index (χ1n) is 16.7. The summed E-state index contributed by atoms with van der Waals surface area (Å²) in [4.78, 5) is 0. The van der Waals surface area contributed by atoms with Gasteiger partial charge in [-0.3, -0.25) is 0 Å². The number of rotatable bonds is 5. The van der Waals surface area contributed by atoms with Crippen LogP contribution in [0.25, 0.3) is 27.8 Å². The van der Waals surface area contributed by atoms with Crippen molar-refractivity contribution in [1.29, 1.82) is 0 Å². The van der Waals surface area contributed by atoms with Crippen LogP contribution in [-0.2, 0) is 5.41 Å². The molecule has 1 heterocycles.